The molecular weight excluding hydrogens is 610 g/mol. The summed E-state index contributed by atoms with van der Waals surface area (Å²) >= 11 is 3.74. The SMILES string of the molecule is CC(C)(C)CC(C)(C)NC(=O)C1N([C@@H](CO)Cc2ccccc2)C(=O)[C@@H]2[C@H](C(=O)NCc3ccccc3)[C@H]3OC12CC3Br. The second-order valence-corrected chi connectivity index (χ2v) is 15.4. The molecule has 43 heavy (non-hydrogen) atoms. The summed E-state index contributed by atoms with van der Waals surface area (Å²) in [5, 5.41) is 16.9. The fourth-order valence-corrected chi connectivity index (χ4v) is 8.81. The topological polar surface area (TPSA) is 108 Å². The molecule has 232 valence electrons. The van der Waals surface area contributed by atoms with Crippen LogP contribution in [-0.2, 0) is 32.1 Å². The van der Waals surface area contributed by atoms with E-state index in [1.165, 1.54) is 0 Å². The minimum absolute atomic E-state index is 0.0467. The fraction of sp³-hybridized carbons (Fsp3) is 0.559. The van der Waals surface area contributed by atoms with Crippen molar-refractivity contribution in [2.24, 2.45) is 17.3 Å². The Balaban J connectivity index is 1.50. The van der Waals surface area contributed by atoms with Gasteiger partial charge in [0.05, 0.1) is 30.6 Å². The molecule has 3 amide bonds. The minimum Gasteiger partial charge on any atom is -0.394 e. The van der Waals surface area contributed by atoms with Gasteiger partial charge in [0.1, 0.15) is 11.6 Å². The van der Waals surface area contributed by atoms with Gasteiger partial charge in [0, 0.05) is 16.9 Å². The summed E-state index contributed by atoms with van der Waals surface area (Å²) in [6.45, 7) is 10.3. The van der Waals surface area contributed by atoms with Crippen LogP contribution in [0, 0.1) is 17.3 Å². The number of nitrogens with one attached hydrogen (secondary N) is 2. The Morgan fingerprint density at radius 1 is 1.02 bits per heavy atom. The number of hydrogen-bond acceptors (Lipinski definition) is 5. The van der Waals surface area contributed by atoms with E-state index in [0.29, 0.717) is 25.8 Å². The normalized spacial score (nSPS) is 29.0. The molecule has 2 bridgehead atoms. The Kier molecular flexibility index (Phi) is 8.82. The van der Waals surface area contributed by atoms with E-state index in [9.17, 15) is 19.5 Å². The lowest BCUT2D eigenvalue weighted by Crippen LogP contribution is -2.61. The molecule has 0 aromatic heterocycles. The molecule has 2 aromatic rings. The van der Waals surface area contributed by atoms with Crippen molar-refractivity contribution in [2.75, 3.05) is 6.61 Å². The smallest absolute Gasteiger partial charge is 0.246 e. The maximum absolute atomic E-state index is 14.5. The van der Waals surface area contributed by atoms with Crippen LogP contribution in [0.1, 0.15) is 58.6 Å². The largest absolute Gasteiger partial charge is 0.394 e. The molecule has 3 unspecified atom stereocenters. The molecule has 9 heteroatoms. The van der Waals surface area contributed by atoms with Crippen LogP contribution in [0.2, 0.25) is 0 Å². The molecule has 3 aliphatic rings. The highest BCUT2D eigenvalue weighted by atomic mass is 79.9. The number of nitrogens with zero attached hydrogens (tertiary/aromatic N) is 1. The molecule has 3 fully saturated rings. The zero-order valence-electron chi connectivity index (χ0n) is 25.7. The number of aliphatic hydroxyl groups is 1. The van der Waals surface area contributed by atoms with Crippen LogP contribution in [-0.4, -0.2) is 68.5 Å². The second kappa shape index (κ2) is 12.0. The molecule has 3 heterocycles. The molecule has 3 saturated heterocycles. The Bertz CT molecular complexity index is 1330. The molecule has 0 aliphatic carbocycles. The van der Waals surface area contributed by atoms with Gasteiger partial charge >= 0.3 is 0 Å². The third-order valence-corrected chi connectivity index (χ3v) is 9.78. The van der Waals surface area contributed by atoms with E-state index >= 15 is 0 Å². The highest BCUT2D eigenvalue weighted by molar-refractivity contribution is 9.09. The number of fused-ring (bicyclic) bond motifs is 1. The van der Waals surface area contributed by atoms with E-state index in [-0.39, 0.29) is 34.6 Å². The summed E-state index contributed by atoms with van der Waals surface area (Å²) < 4.78 is 6.66. The first kappa shape index (κ1) is 31.7. The van der Waals surface area contributed by atoms with Gasteiger partial charge in [-0.2, -0.15) is 0 Å². The number of rotatable bonds is 10. The summed E-state index contributed by atoms with van der Waals surface area (Å²) in [6.07, 6.45) is 0.943. The summed E-state index contributed by atoms with van der Waals surface area (Å²) in [4.78, 5) is 44.1. The van der Waals surface area contributed by atoms with Crippen LogP contribution in [0.3, 0.4) is 0 Å². The number of alkyl halides is 1. The zero-order chi connectivity index (χ0) is 31.2. The lowest BCUT2D eigenvalue weighted by molar-refractivity contribution is -0.146. The van der Waals surface area contributed by atoms with E-state index in [1.54, 1.807) is 4.90 Å². The molecule has 0 saturated carbocycles. The second-order valence-electron chi connectivity index (χ2n) is 14.2. The highest BCUT2D eigenvalue weighted by Crippen LogP contribution is 2.60. The first-order chi connectivity index (χ1) is 20.3. The van der Waals surface area contributed by atoms with E-state index < -0.39 is 41.2 Å². The van der Waals surface area contributed by atoms with Crippen LogP contribution >= 0.6 is 15.9 Å². The quantitative estimate of drug-likeness (QED) is 0.336. The zero-order valence-corrected chi connectivity index (χ0v) is 27.3. The highest BCUT2D eigenvalue weighted by Gasteiger charge is 2.77. The molecule has 5 rings (SSSR count). The number of amides is 3. The molecular formula is C34H44BrN3O5. The van der Waals surface area contributed by atoms with Crippen LogP contribution in [0.5, 0.6) is 0 Å². The molecule has 0 radical (unpaired) electrons. The van der Waals surface area contributed by atoms with E-state index in [1.807, 2.05) is 74.5 Å². The van der Waals surface area contributed by atoms with Crippen LogP contribution < -0.4 is 10.6 Å². The maximum atomic E-state index is 14.5. The summed E-state index contributed by atoms with van der Waals surface area (Å²) in [5.41, 5.74) is 0.0814. The third-order valence-electron chi connectivity index (χ3n) is 8.94. The van der Waals surface area contributed by atoms with Crippen molar-refractivity contribution in [3.8, 4) is 0 Å². The van der Waals surface area contributed by atoms with Gasteiger partial charge in [0.2, 0.25) is 17.7 Å². The summed E-state index contributed by atoms with van der Waals surface area (Å²) in [5.74, 6) is -2.51. The lowest BCUT2D eigenvalue weighted by atomic mass is 9.70. The number of ether oxygens (including phenoxy) is 1. The van der Waals surface area contributed by atoms with E-state index in [0.717, 1.165) is 11.1 Å². The number of hydrogen-bond donors (Lipinski definition) is 3. The first-order valence-electron chi connectivity index (χ1n) is 15.2. The van der Waals surface area contributed by atoms with Gasteiger partial charge in [0.15, 0.2) is 0 Å². The monoisotopic (exact) mass is 653 g/mol. The Labute approximate surface area is 263 Å². The molecule has 3 aliphatic heterocycles. The average molecular weight is 655 g/mol. The van der Waals surface area contributed by atoms with Gasteiger partial charge in [0.25, 0.3) is 0 Å². The lowest BCUT2D eigenvalue weighted by Gasteiger charge is -2.40. The van der Waals surface area contributed by atoms with Crippen molar-refractivity contribution < 1.29 is 24.2 Å². The first-order valence-corrected chi connectivity index (χ1v) is 16.1. The van der Waals surface area contributed by atoms with Crippen molar-refractivity contribution >= 4 is 33.7 Å². The Morgan fingerprint density at radius 3 is 2.21 bits per heavy atom. The van der Waals surface area contributed by atoms with Crippen molar-refractivity contribution in [3.05, 3.63) is 71.8 Å². The van der Waals surface area contributed by atoms with Gasteiger partial charge in [-0.3, -0.25) is 14.4 Å². The van der Waals surface area contributed by atoms with Gasteiger partial charge in [-0.1, -0.05) is 97.4 Å². The third kappa shape index (κ3) is 6.26. The van der Waals surface area contributed by atoms with Gasteiger partial charge in [-0.15, -0.1) is 0 Å². The van der Waals surface area contributed by atoms with E-state index in [4.69, 9.17) is 4.74 Å². The Morgan fingerprint density at radius 2 is 1.63 bits per heavy atom. The number of carbonyl (C=O) groups is 3. The van der Waals surface area contributed by atoms with Gasteiger partial charge < -0.3 is 25.4 Å². The molecule has 1 spiro atoms. The molecule has 2 aromatic carbocycles. The molecule has 3 N–H and O–H groups in total. The van der Waals surface area contributed by atoms with Gasteiger partial charge in [-0.05, 0) is 49.7 Å². The standard InChI is InChI=1S/C34H44BrN3O5/c1-32(2,3)20-33(4,5)37-30(41)28-34-17-24(35)27(43-34)25(29(40)36-18-22-14-10-7-11-15-22)26(34)31(42)38(28)23(19-39)16-21-12-8-6-9-13-21/h6-15,23-28,39H,16-20H2,1-5H3,(H,36,40)(H,37,41)/t23-,24?,25+,26+,27+,28?,34?/m1/s1. The maximum Gasteiger partial charge on any atom is 0.246 e. The number of halogens is 1. The van der Waals surface area contributed by atoms with Crippen LogP contribution in [0.15, 0.2) is 60.7 Å². The number of aliphatic hydroxyl groups excluding tert-OH is 1. The Hall–Kier alpha value is -2.75. The molecule has 8 nitrogen and oxygen atoms in total. The van der Waals surface area contributed by atoms with E-state index in [2.05, 4.69) is 47.3 Å². The van der Waals surface area contributed by atoms with Crippen molar-refractivity contribution in [1.29, 1.82) is 0 Å². The van der Waals surface area contributed by atoms with Gasteiger partial charge in [-0.25, -0.2) is 0 Å². The minimum atomic E-state index is -1.20. The summed E-state index contributed by atoms with van der Waals surface area (Å²) in [6, 6.07) is 17.6. The number of carbonyl (C=O) groups excluding carboxylic acids is 3. The predicted molar refractivity (Wildman–Crippen MR) is 168 cm³/mol. The van der Waals surface area contributed by atoms with Crippen molar-refractivity contribution in [3.63, 3.8) is 0 Å². The van der Waals surface area contributed by atoms with Crippen molar-refractivity contribution in [2.45, 2.75) is 94.6 Å². The fourth-order valence-electron chi connectivity index (χ4n) is 7.87. The van der Waals surface area contributed by atoms with Crippen molar-refractivity contribution in [1.82, 2.24) is 15.5 Å². The number of benzene rings is 2. The van der Waals surface area contributed by atoms with Crippen LogP contribution in [0.4, 0.5) is 0 Å². The summed E-state index contributed by atoms with van der Waals surface area (Å²) in [7, 11) is 0. The number of likely N-dealkylation sites (tertiary alicyclic amines) is 1. The predicted octanol–water partition coefficient (Wildman–Crippen LogP) is 3.99. The molecule has 7 atom stereocenters. The average Bonchev–Trinajstić information content (AvgIpc) is 3.53. The van der Waals surface area contributed by atoms with Crippen LogP contribution in [0.25, 0.3) is 0 Å².